The zero-order valence-electron chi connectivity index (χ0n) is 12.9. The molecule has 2 aliphatic heterocycles. The van der Waals surface area contributed by atoms with Gasteiger partial charge in [0.25, 0.3) is 0 Å². The van der Waals surface area contributed by atoms with E-state index in [0.29, 0.717) is 6.04 Å². The summed E-state index contributed by atoms with van der Waals surface area (Å²) in [5.74, 6) is 1.15. The minimum absolute atomic E-state index is 0. The van der Waals surface area contributed by atoms with E-state index in [0.717, 1.165) is 12.4 Å². The maximum absolute atomic E-state index is 4.64. The highest BCUT2D eigenvalue weighted by Crippen LogP contribution is 2.19. The number of anilines is 1. The van der Waals surface area contributed by atoms with Gasteiger partial charge in [-0.3, -0.25) is 4.90 Å². The van der Waals surface area contributed by atoms with Gasteiger partial charge in [0.1, 0.15) is 5.82 Å². The highest BCUT2D eigenvalue weighted by molar-refractivity contribution is 5.85. The van der Waals surface area contributed by atoms with Crippen molar-refractivity contribution in [2.75, 3.05) is 38.1 Å². The molecule has 2 fully saturated rings. The van der Waals surface area contributed by atoms with E-state index in [1.807, 2.05) is 0 Å². The fourth-order valence-electron chi connectivity index (χ4n) is 3.28. The second kappa shape index (κ2) is 7.97. The first-order valence-corrected chi connectivity index (χ1v) is 7.94. The first kappa shape index (κ1) is 16.5. The Morgan fingerprint density at radius 2 is 1.86 bits per heavy atom. The predicted molar refractivity (Wildman–Crippen MR) is 90.3 cm³/mol. The van der Waals surface area contributed by atoms with Crippen molar-refractivity contribution in [1.29, 1.82) is 0 Å². The summed E-state index contributed by atoms with van der Waals surface area (Å²) in [6.07, 6.45) is 7.21. The van der Waals surface area contributed by atoms with Crippen LogP contribution >= 0.6 is 12.4 Å². The molecule has 2 aliphatic rings. The molecule has 0 atom stereocenters. The van der Waals surface area contributed by atoms with Crippen molar-refractivity contribution >= 4 is 18.2 Å². The van der Waals surface area contributed by atoms with Crippen molar-refractivity contribution in [3.63, 3.8) is 0 Å². The topological polar surface area (TPSA) is 31.4 Å². The van der Waals surface area contributed by atoms with Gasteiger partial charge in [-0.25, -0.2) is 4.98 Å². The van der Waals surface area contributed by atoms with E-state index >= 15 is 0 Å². The summed E-state index contributed by atoms with van der Waals surface area (Å²) in [5.41, 5.74) is 1.34. The number of halogens is 1. The summed E-state index contributed by atoms with van der Waals surface area (Å²) in [7, 11) is 2.07. The third-order valence-corrected chi connectivity index (χ3v) is 4.64. The molecule has 0 unspecified atom stereocenters. The van der Waals surface area contributed by atoms with Gasteiger partial charge in [0.2, 0.25) is 0 Å². The van der Waals surface area contributed by atoms with Crippen LogP contribution in [0.5, 0.6) is 0 Å². The number of nitrogens with zero attached hydrogens (tertiary/aromatic N) is 3. The van der Waals surface area contributed by atoms with Gasteiger partial charge in [-0.05, 0) is 57.5 Å². The van der Waals surface area contributed by atoms with Gasteiger partial charge in [0.15, 0.2) is 0 Å². The second-order valence-corrected chi connectivity index (χ2v) is 6.06. The van der Waals surface area contributed by atoms with Gasteiger partial charge in [-0.2, -0.15) is 0 Å². The lowest BCUT2D eigenvalue weighted by Crippen LogP contribution is -2.40. The molecule has 4 nitrogen and oxygen atoms in total. The van der Waals surface area contributed by atoms with Crippen LogP contribution in [0.15, 0.2) is 18.3 Å². The molecule has 0 bridgehead atoms. The molecule has 0 radical (unpaired) electrons. The summed E-state index contributed by atoms with van der Waals surface area (Å²) in [4.78, 5) is 9.58. The van der Waals surface area contributed by atoms with Crippen LogP contribution in [0.4, 0.5) is 5.82 Å². The minimum Gasteiger partial charge on any atom is -0.357 e. The molecular weight excluding hydrogens is 284 g/mol. The van der Waals surface area contributed by atoms with E-state index in [1.165, 1.54) is 57.4 Å². The monoisotopic (exact) mass is 310 g/mol. The molecule has 0 saturated carbocycles. The standard InChI is InChI=1S/C16H26N4.ClH/c1-17-15-6-10-19(11-7-15)13-14-4-5-16(18-12-14)20-8-2-3-9-20;/h4-5,12,15,17H,2-3,6-11,13H2,1H3;1H. The summed E-state index contributed by atoms with van der Waals surface area (Å²) in [6, 6.07) is 5.16. The van der Waals surface area contributed by atoms with E-state index in [9.17, 15) is 0 Å². The van der Waals surface area contributed by atoms with Crippen LogP contribution in [0.1, 0.15) is 31.2 Å². The molecule has 0 aliphatic carbocycles. The Balaban J connectivity index is 0.00000161. The second-order valence-electron chi connectivity index (χ2n) is 6.06. The van der Waals surface area contributed by atoms with Crippen LogP contribution in [-0.2, 0) is 6.54 Å². The van der Waals surface area contributed by atoms with Gasteiger partial charge in [-0.1, -0.05) is 6.07 Å². The van der Waals surface area contributed by atoms with Crippen molar-refractivity contribution in [3.05, 3.63) is 23.9 Å². The molecule has 2 saturated heterocycles. The van der Waals surface area contributed by atoms with Crippen molar-refractivity contribution in [3.8, 4) is 0 Å². The zero-order chi connectivity index (χ0) is 13.8. The SMILES string of the molecule is CNC1CCN(Cc2ccc(N3CCCC3)nc2)CC1.Cl. The van der Waals surface area contributed by atoms with E-state index in [4.69, 9.17) is 0 Å². The van der Waals surface area contributed by atoms with Gasteiger partial charge in [0.05, 0.1) is 0 Å². The highest BCUT2D eigenvalue weighted by Gasteiger charge is 2.18. The number of rotatable bonds is 4. The van der Waals surface area contributed by atoms with E-state index in [1.54, 1.807) is 0 Å². The lowest BCUT2D eigenvalue weighted by Gasteiger charge is -2.31. The molecule has 0 aromatic carbocycles. The van der Waals surface area contributed by atoms with Crippen LogP contribution in [-0.4, -0.2) is 49.2 Å². The van der Waals surface area contributed by atoms with E-state index < -0.39 is 0 Å². The number of aromatic nitrogens is 1. The van der Waals surface area contributed by atoms with E-state index in [-0.39, 0.29) is 12.4 Å². The minimum atomic E-state index is 0. The van der Waals surface area contributed by atoms with E-state index in [2.05, 4.69) is 45.5 Å². The first-order valence-electron chi connectivity index (χ1n) is 7.94. The molecule has 1 aromatic rings. The molecule has 1 N–H and O–H groups in total. The third kappa shape index (κ3) is 4.31. The highest BCUT2D eigenvalue weighted by atomic mass is 35.5. The number of piperidine rings is 1. The summed E-state index contributed by atoms with van der Waals surface area (Å²) in [5, 5.41) is 3.38. The van der Waals surface area contributed by atoms with Crippen molar-refractivity contribution in [2.24, 2.45) is 0 Å². The fraction of sp³-hybridized carbons (Fsp3) is 0.688. The first-order chi connectivity index (χ1) is 9.85. The lowest BCUT2D eigenvalue weighted by molar-refractivity contribution is 0.194. The van der Waals surface area contributed by atoms with Crippen LogP contribution in [0.3, 0.4) is 0 Å². The van der Waals surface area contributed by atoms with Crippen molar-refractivity contribution in [1.82, 2.24) is 15.2 Å². The molecule has 3 rings (SSSR count). The smallest absolute Gasteiger partial charge is 0.128 e. The average molecular weight is 311 g/mol. The molecule has 0 spiro atoms. The third-order valence-electron chi connectivity index (χ3n) is 4.64. The Morgan fingerprint density at radius 3 is 2.43 bits per heavy atom. The average Bonchev–Trinajstić information content (AvgIpc) is 3.03. The van der Waals surface area contributed by atoms with Gasteiger partial charge >= 0.3 is 0 Å². The Hall–Kier alpha value is -0.840. The van der Waals surface area contributed by atoms with Crippen LogP contribution < -0.4 is 10.2 Å². The molecule has 1 aromatic heterocycles. The Kier molecular flexibility index (Phi) is 6.27. The number of hydrogen-bond donors (Lipinski definition) is 1. The Bertz CT molecular complexity index is 409. The summed E-state index contributed by atoms with van der Waals surface area (Å²) in [6.45, 7) is 5.77. The quantitative estimate of drug-likeness (QED) is 0.924. The Labute approximate surface area is 134 Å². The van der Waals surface area contributed by atoms with Gasteiger partial charge in [-0.15, -0.1) is 12.4 Å². The fourth-order valence-corrected chi connectivity index (χ4v) is 3.28. The number of likely N-dealkylation sites (tertiary alicyclic amines) is 1. The number of nitrogens with one attached hydrogen (secondary N) is 1. The molecular formula is C16H27ClN4. The van der Waals surface area contributed by atoms with Crippen LogP contribution in [0, 0.1) is 0 Å². The molecule has 21 heavy (non-hydrogen) atoms. The Morgan fingerprint density at radius 1 is 1.14 bits per heavy atom. The van der Waals surface area contributed by atoms with Gasteiger partial charge < -0.3 is 10.2 Å². The molecule has 118 valence electrons. The number of hydrogen-bond acceptors (Lipinski definition) is 4. The summed E-state index contributed by atoms with van der Waals surface area (Å²) < 4.78 is 0. The maximum atomic E-state index is 4.64. The molecule has 0 amide bonds. The number of pyridine rings is 1. The van der Waals surface area contributed by atoms with Crippen molar-refractivity contribution < 1.29 is 0 Å². The predicted octanol–water partition coefficient (Wildman–Crippen LogP) is 2.29. The normalized spacial score (nSPS) is 20.5. The maximum Gasteiger partial charge on any atom is 0.128 e. The summed E-state index contributed by atoms with van der Waals surface area (Å²) >= 11 is 0. The van der Waals surface area contributed by atoms with Gasteiger partial charge in [0, 0.05) is 31.9 Å². The van der Waals surface area contributed by atoms with Crippen LogP contribution in [0.2, 0.25) is 0 Å². The molecule has 5 heteroatoms. The van der Waals surface area contributed by atoms with Crippen molar-refractivity contribution in [2.45, 2.75) is 38.3 Å². The zero-order valence-corrected chi connectivity index (χ0v) is 13.7. The van der Waals surface area contributed by atoms with Crippen LogP contribution in [0.25, 0.3) is 0 Å². The lowest BCUT2D eigenvalue weighted by atomic mass is 10.0. The largest absolute Gasteiger partial charge is 0.357 e. The molecule has 3 heterocycles.